The number of hydrogen-bond donors (Lipinski definition) is 1. The van der Waals surface area contributed by atoms with Gasteiger partial charge in [0.05, 0.1) is 22.9 Å². The van der Waals surface area contributed by atoms with Gasteiger partial charge in [-0.3, -0.25) is 14.4 Å². The first-order valence-electron chi connectivity index (χ1n) is 14.2. The molecule has 2 atom stereocenters. The number of benzene rings is 5. The maximum absolute atomic E-state index is 14.7. The third kappa shape index (κ3) is 3.58. The number of imide groups is 1. The fraction of sp³-hybridized carbons (Fsp3) is 0.111. The summed E-state index contributed by atoms with van der Waals surface area (Å²) in [4.78, 5) is 43.7. The fourth-order valence-corrected chi connectivity index (χ4v) is 7.81. The van der Waals surface area contributed by atoms with Crippen LogP contribution in [-0.2, 0) is 15.0 Å². The van der Waals surface area contributed by atoms with E-state index >= 15 is 0 Å². The zero-order valence-electron chi connectivity index (χ0n) is 22.8. The molecule has 7 heteroatoms. The number of nitrogens with zero attached hydrogens (tertiary/aromatic N) is 2. The summed E-state index contributed by atoms with van der Waals surface area (Å²) in [6.07, 6.45) is 1.69. The maximum atomic E-state index is 14.7. The second kappa shape index (κ2) is 9.57. The van der Waals surface area contributed by atoms with Crippen molar-refractivity contribution in [3.63, 3.8) is 0 Å². The molecule has 0 aromatic heterocycles. The lowest BCUT2D eigenvalue weighted by Crippen LogP contribution is -2.54. The SMILES string of the molecule is O=C(N/N=C/C12c3ccccc3C(c3ccccc31)[C@H]1C(=O)N(c3cccc4ccccc34)C(=O)[C@@H]12)c1ccc(Br)cc1. The second-order valence-electron chi connectivity index (χ2n) is 11.2. The summed E-state index contributed by atoms with van der Waals surface area (Å²) in [6, 6.07) is 36.5. The van der Waals surface area contributed by atoms with Crippen LogP contribution in [0.5, 0.6) is 0 Å². The number of anilines is 1. The van der Waals surface area contributed by atoms with Crippen LogP contribution in [-0.4, -0.2) is 23.9 Å². The molecule has 1 fully saturated rings. The molecule has 9 rings (SSSR count). The number of hydrogen-bond acceptors (Lipinski definition) is 4. The van der Waals surface area contributed by atoms with Crippen molar-refractivity contribution in [1.82, 2.24) is 5.43 Å². The second-order valence-corrected chi connectivity index (χ2v) is 12.2. The van der Waals surface area contributed by atoms with Gasteiger partial charge in [0.2, 0.25) is 11.8 Å². The summed E-state index contributed by atoms with van der Waals surface area (Å²) < 4.78 is 0.866. The lowest BCUT2D eigenvalue weighted by atomic mass is 9.47. The fourth-order valence-electron chi connectivity index (χ4n) is 7.55. The molecule has 0 radical (unpaired) electrons. The van der Waals surface area contributed by atoms with E-state index in [0.717, 1.165) is 37.5 Å². The standard InChI is InChI=1S/C36H24BrN3O3/c37-23-18-16-22(17-19-23)33(41)39-38-20-36-27-13-5-3-11-25(27)30(26-12-4-6-14-28(26)36)31-32(36)35(43)40(34(31)42)29-15-7-9-21-8-1-2-10-24(21)29/h1-20,30-32H,(H,39,41)/b38-20+/t30?,31-,32-,36?/m1/s1. The van der Waals surface area contributed by atoms with Gasteiger partial charge in [-0.15, -0.1) is 0 Å². The highest BCUT2D eigenvalue weighted by Crippen LogP contribution is 2.63. The number of amides is 3. The number of rotatable bonds is 4. The lowest BCUT2D eigenvalue weighted by molar-refractivity contribution is -0.122. The molecule has 1 heterocycles. The molecule has 1 aliphatic heterocycles. The summed E-state index contributed by atoms with van der Waals surface area (Å²) in [5.74, 6) is -2.47. The summed E-state index contributed by atoms with van der Waals surface area (Å²) in [6.45, 7) is 0. The van der Waals surface area contributed by atoms with Gasteiger partial charge in [0.25, 0.3) is 5.91 Å². The average molecular weight is 627 g/mol. The summed E-state index contributed by atoms with van der Waals surface area (Å²) in [5.41, 5.74) is 6.55. The first-order chi connectivity index (χ1) is 21.0. The van der Waals surface area contributed by atoms with Crippen molar-refractivity contribution in [2.75, 3.05) is 4.90 Å². The van der Waals surface area contributed by atoms with Crippen molar-refractivity contribution >= 4 is 56.3 Å². The van der Waals surface area contributed by atoms with E-state index in [4.69, 9.17) is 0 Å². The van der Waals surface area contributed by atoms with Crippen LogP contribution in [0, 0.1) is 11.8 Å². The molecule has 3 aliphatic carbocycles. The number of halogens is 1. The lowest BCUT2D eigenvalue weighted by Gasteiger charge is -2.52. The van der Waals surface area contributed by atoms with Crippen LogP contribution >= 0.6 is 15.9 Å². The topological polar surface area (TPSA) is 78.8 Å². The molecule has 0 spiro atoms. The largest absolute Gasteiger partial charge is 0.274 e. The Kier molecular flexibility index (Phi) is 5.74. The monoisotopic (exact) mass is 625 g/mol. The number of hydrazone groups is 1. The van der Waals surface area contributed by atoms with E-state index in [9.17, 15) is 14.4 Å². The first-order valence-corrected chi connectivity index (χ1v) is 14.9. The quantitative estimate of drug-likeness (QED) is 0.139. The van der Waals surface area contributed by atoms with Crippen molar-refractivity contribution in [3.05, 3.63) is 148 Å². The van der Waals surface area contributed by atoms with Gasteiger partial charge in [-0.05, 0) is 58.0 Å². The zero-order chi connectivity index (χ0) is 29.3. The van der Waals surface area contributed by atoms with Crippen LogP contribution in [0.4, 0.5) is 5.69 Å². The Bertz CT molecular complexity index is 1970. The normalized spacial score (nSPS) is 23.4. The average Bonchev–Trinajstić information content (AvgIpc) is 3.31. The van der Waals surface area contributed by atoms with Crippen molar-refractivity contribution in [2.45, 2.75) is 11.3 Å². The van der Waals surface area contributed by atoms with Crippen molar-refractivity contribution in [3.8, 4) is 0 Å². The van der Waals surface area contributed by atoms with Gasteiger partial charge in [0, 0.05) is 27.6 Å². The van der Waals surface area contributed by atoms with Gasteiger partial charge < -0.3 is 0 Å². The molecular weight excluding hydrogens is 602 g/mol. The zero-order valence-corrected chi connectivity index (χ0v) is 24.4. The smallest absolute Gasteiger partial charge is 0.271 e. The Hall–Kier alpha value is -4.88. The Balaban J connectivity index is 1.31. The molecule has 4 aliphatic rings. The molecule has 5 aromatic carbocycles. The van der Waals surface area contributed by atoms with Crippen molar-refractivity contribution < 1.29 is 14.4 Å². The molecule has 208 valence electrons. The van der Waals surface area contributed by atoms with Crippen LogP contribution in [0.15, 0.2) is 125 Å². The van der Waals surface area contributed by atoms with Crippen LogP contribution in [0.1, 0.15) is 38.5 Å². The molecule has 1 saturated heterocycles. The maximum Gasteiger partial charge on any atom is 0.271 e. The summed E-state index contributed by atoms with van der Waals surface area (Å²) >= 11 is 3.40. The molecule has 5 aromatic rings. The highest BCUT2D eigenvalue weighted by molar-refractivity contribution is 9.10. The van der Waals surface area contributed by atoms with Crippen molar-refractivity contribution in [2.24, 2.45) is 16.9 Å². The van der Waals surface area contributed by atoms with E-state index in [0.29, 0.717) is 11.3 Å². The van der Waals surface area contributed by atoms with Gasteiger partial charge in [0.15, 0.2) is 0 Å². The van der Waals surface area contributed by atoms with E-state index in [1.807, 2.05) is 91.0 Å². The van der Waals surface area contributed by atoms with Crippen LogP contribution in [0.2, 0.25) is 0 Å². The first kappa shape index (κ1) is 25.8. The van der Waals surface area contributed by atoms with E-state index in [1.165, 1.54) is 4.90 Å². The van der Waals surface area contributed by atoms with Crippen LogP contribution < -0.4 is 10.3 Å². The predicted octanol–water partition coefficient (Wildman–Crippen LogP) is 6.57. The minimum atomic E-state index is -1.06. The summed E-state index contributed by atoms with van der Waals surface area (Å²) in [7, 11) is 0. The van der Waals surface area contributed by atoms with E-state index in [-0.39, 0.29) is 23.6 Å². The minimum Gasteiger partial charge on any atom is -0.274 e. The third-order valence-electron chi connectivity index (χ3n) is 9.23. The molecule has 0 saturated carbocycles. The third-order valence-corrected chi connectivity index (χ3v) is 9.76. The predicted molar refractivity (Wildman–Crippen MR) is 169 cm³/mol. The molecule has 2 bridgehead atoms. The Morgan fingerprint density at radius 2 is 1.40 bits per heavy atom. The van der Waals surface area contributed by atoms with Gasteiger partial charge >= 0.3 is 0 Å². The summed E-state index contributed by atoms with van der Waals surface area (Å²) in [5, 5.41) is 6.31. The number of carbonyl (C=O) groups excluding carboxylic acids is 3. The molecule has 43 heavy (non-hydrogen) atoms. The van der Waals surface area contributed by atoms with Crippen LogP contribution in [0.25, 0.3) is 10.8 Å². The van der Waals surface area contributed by atoms with Crippen molar-refractivity contribution in [1.29, 1.82) is 0 Å². The van der Waals surface area contributed by atoms with Gasteiger partial charge in [0.1, 0.15) is 0 Å². The van der Waals surface area contributed by atoms with Crippen LogP contribution in [0.3, 0.4) is 0 Å². The highest BCUT2D eigenvalue weighted by atomic mass is 79.9. The number of carbonyl (C=O) groups is 3. The van der Waals surface area contributed by atoms with Gasteiger partial charge in [-0.1, -0.05) is 101 Å². The molecule has 1 N–H and O–H groups in total. The Labute approximate surface area is 256 Å². The minimum absolute atomic E-state index is 0.211. The van der Waals surface area contributed by atoms with E-state index < -0.39 is 17.3 Å². The number of nitrogens with one attached hydrogen (secondary N) is 1. The van der Waals surface area contributed by atoms with E-state index in [2.05, 4.69) is 26.5 Å². The van der Waals surface area contributed by atoms with Gasteiger partial charge in [-0.2, -0.15) is 5.10 Å². The Morgan fingerprint density at radius 3 is 2.12 bits per heavy atom. The number of fused-ring (bicyclic) bond motifs is 1. The molecule has 0 unspecified atom stereocenters. The molecule has 6 nitrogen and oxygen atoms in total. The highest BCUT2D eigenvalue weighted by Gasteiger charge is 2.68. The van der Waals surface area contributed by atoms with E-state index in [1.54, 1.807) is 30.5 Å². The van der Waals surface area contributed by atoms with Gasteiger partial charge in [-0.25, -0.2) is 10.3 Å². The molecular formula is C36H24BrN3O3. The molecule has 3 amide bonds. The Morgan fingerprint density at radius 1 is 0.767 bits per heavy atom.